The van der Waals surface area contributed by atoms with Crippen molar-refractivity contribution >= 4 is 33.0 Å². The molecule has 1 aliphatic heterocycles. The number of rotatable bonds is 7. The average molecular weight is 659 g/mol. The normalized spacial score (nSPS) is 15.5. The van der Waals surface area contributed by atoms with Crippen molar-refractivity contribution in [3.05, 3.63) is 83.1 Å². The van der Waals surface area contributed by atoms with E-state index in [4.69, 9.17) is 13.8 Å². The Labute approximate surface area is 249 Å². The summed E-state index contributed by atoms with van der Waals surface area (Å²) in [5, 5.41) is 4.51. The molecule has 0 aliphatic carbocycles. The Morgan fingerprint density at radius 1 is 1.02 bits per heavy atom. The molecule has 0 spiro atoms. The molecule has 2 N–H and O–H groups in total. The van der Waals surface area contributed by atoms with Gasteiger partial charge in [0, 0.05) is 18.7 Å². The van der Waals surface area contributed by atoms with Gasteiger partial charge in [0.2, 0.25) is 5.88 Å². The van der Waals surface area contributed by atoms with Crippen LogP contribution in [0, 0.1) is 6.92 Å². The number of halogens is 3. The largest absolute Gasteiger partial charge is 0.479 e. The molecule has 44 heavy (non-hydrogen) atoms. The summed E-state index contributed by atoms with van der Waals surface area (Å²) >= 11 is 0. The fraction of sp³-hybridized carbons (Fsp3) is 0.280. The second-order valence-electron chi connectivity index (χ2n) is 9.27. The second-order valence-corrected chi connectivity index (χ2v) is 11.5. The van der Waals surface area contributed by atoms with Gasteiger partial charge in [0.25, 0.3) is 0 Å². The summed E-state index contributed by atoms with van der Waals surface area (Å²) in [6.07, 6.45) is 3.92. The smallest absolute Gasteiger partial charge is 0.416 e. The van der Waals surface area contributed by atoms with E-state index in [2.05, 4.69) is 23.7 Å². The minimum Gasteiger partial charge on any atom is -0.479 e. The van der Waals surface area contributed by atoms with Gasteiger partial charge in [0.05, 0.1) is 30.4 Å². The molecule has 0 fully saturated rings. The molecule has 1 aliphatic rings. The Kier molecular flexibility index (Phi) is 9.54. The van der Waals surface area contributed by atoms with Gasteiger partial charge in [0.1, 0.15) is 11.5 Å². The van der Waals surface area contributed by atoms with Crippen molar-refractivity contribution in [2.45, 2.75) is 38.4 Å². The molecule has 0 saturated heterocycles. The number of imidazole rings is 1. The number of aryl methyl sites for hydroxylation is 2. The van der Waals surface area contributed by atoms with Crippen LogP contribution in [0.3, 0.4) is 0 Å². The van der Waals surface area contributed by atoms with Crippen LogP contribution in [0.15, 0.2) is 48.9 Å². The number of nitrogens with zero attached hydrogens (tertiary/aromatic N) is 6. The highest BCUT2D eigenvalue weighted by Gasteiger charge is 2.37. The van der Waals surface area contributed by atoms with Gasteiger partial charge in [-0.15, -0.1) is 3.63 Å². The molecule has 19 heteroatoms. The van der Waals surface area contributed by atoms with Crippen molar-refractivity contribution in [2.24, 2.45) is 0 Å². The lowest BCUT2D eigenvalue weighted by Gasteiger charge is -2.25. The van der Waals surface area contributed by atoms with Crippen molar-refractivity contribution in [3.8, 4) is 11.6 Å². The fourth-order valence-electron chi connectivity index (χ4n) is 4.50. The van der Waals surface area contributed by atoms with Gasteiger partial charge in [-0.2, -0.15) is 35.1 Å². The number of ether oxygens (including phenoxy) is 1. The van der Waals surface area contributed by atoms with Gasteiger partial charge < -0.3 is 9.30 Å². The number of benzene rings is 1. The molecule has 1 aromatic carbocycles. The number of aromatic nitrogens is 6. The maximum absolute atomic E-state index is 13.6. The number of pyridine rings is 1. The van der Waals surface area contributed by atoms with Gasteiger partial charge in [-0.3, -0.25) is 9.11 Å². The van der Waals surface area contributed by atoms with Crippen molar-refractivity contribution in [3.63, 3.8) is 0 Å². The fourth-order valence-corrected chi connectivity index (χ4v) is 5.37. The number of hydrogen-bond donors (Lipinski definition) is 2. The molecule has 4 aromatic rings. The minimum atomic E-state index is -5.12. The highest BCUT2D eigenvalue weighted by molar-refractivity contribution is 7.94. The van der Waals surface area contributed by atoms with Crippen molar-refractivity contribution < 1.29 is 47.5 Å². The Hall–Kier alpha value is -4.17. The predicted octanol–water partition coefficient (Wildman–Crippen LogP) is 3.90. The zero-order valence-electron chi connectivity index (χ0n) is 22.9. The molecule has 3 aromatic heterocycles. The van der Waals surface area contributed by atoms with Crippen molar-refractivity contribution in [1.29, 1.82) is 0 Å². The molecule has 14 nitrogen and oxygen atoms in total. The van der Waals surface area contributed by atoms with Crippen LogP contribution in [-0.2, 0) is 37.1 Å². The lowest BCUT2D eigenvalue weighted by molar-refractivity contribution is -0.138. The monoisotopic (exact) mass is 658 g/mol. The summed E-state index contributed by atoms with van der Waals surface area (Å²) in [7, 11) is -8.69. The van der Waals surface area contributed by atoms with Crippen LogP contribution in [0.25, 0.3) is 17.8 Å². The van der Waals surface area contributed by atoms with Crippen LogP contribution in [0.2, 0.25) is 0 Å². The van der Waals surface area contributed by atoms with Gasteiger partial charge in [-0.25, -0.2) is 19.6 Å². The molecule has 0 amide bonds. The quantitative estimate of drug-likeness (QED) is 0.273. The summed E-state index contributed by atoms with van der Waals surface area (Å²) in [6, 6.07) is 9.42. The van der Waals surface area contributed by atoms with Gasteiger partial charge in [0.15, 0.2) is 5.82 Å². The molecule has 4 heterocycles. The van der Waals surface area contributed by atoms with Crippen LogP contribution in [-0.4, -0.2) is 62.4 Å². The lowest BCUT2D eigenvalue weighted by atomic mass is 9.88. The maximum atomic E-state index is 13.6. The second kappa shape index (κ2) is 12.8. The summed E-state index contributed by atoms with van der Waals surface area (Å²) in [4.78, 5) is 13.3. The molecule has 0 bridgehead atoms. The first-order valence-electron chi connectivity index (χ1n) is 12.5. The maximum Gasteiger partial charge on any atom is 0.416 e. The SMILES string of the molecule is COc1nc(C=Cc2nc3n(n2)CCC[C@H]3c2ccccc2C(F)(F)F)ccc1-n1cnc(C)c1.O=S(=O)(O)OS(=O)(=O)O. The Morgan fingerprint density at radius 2 is 1.73 bits per heavy atom. The summed E-state index contributed by atoms with van der Waals surface area (Å²) < 4.78 is 105. The standard InChI is InChI=1S/C25H23F3N6O.H2O7S2/c1-16-14-33(15-29-16)21-11-9-17(30-24(21)35-2)10-12-22-31-23-19(7-5-13-34(23)32-22)18-6-3-4-8-20(18)25(26,27)28;1-8(2,3)7-9(4,5)6/h3-4,6,8-12,14-15,19H,5,7,13H2,1-2H3;(H,1,2,3)(H,4,5,6)/t19-;/m0./s1. The molecular weight excluding hydrogens is 633 g/mol. The summed E-state index contributed by atoms with van der Waals surface area (Å²) in [6.45, 7) is 2.52. The van der Waals surface area contributed by atoms with E-state index in [1.165, 1.54) is 12.1 Å². The minimum absolute atomic E-state index is 0.237. The van der Waals surface area contributed by atoms with E-state index < -0.39 is 38.5 Å². The van der Waals surface area contributed by atoms with Crippen LogP contribution < -0.4 is 4.74 Å². The van der Waals surface area contributed by atoms with E-state index in [0.29, 0.717) is 36.2 Å². The average Bonchev–Trinajstić information content (AvgIpc) is 3.55. The molecule has 236 valence electrons. The first-order valence-corrected chi connectivity index (χ1v) is 15.3. The van der Waals surface area contributed by atoms with Gasteiger partial charge >= 0.3 is 27.0 Å². The predicted molar refractivity (Wildman–Crippen MR) is 148 cm³/mol. The topological polar surface area (TPSA) is 189 Å². The lowest BCUT2D eigenvalue weighted by Crippen LogP contribution is -2.21. The van der Waals surface area contributed by atoms with E-state index >= 15 is 0 Å². The number of alkyl halides is 3. The van der Waals surface area contributed by atoms with E-state index in [1.54, 1.807) is 36.3 Å². The van der Waals surface area contributed by atoms with Crippen LogP contribution in [0.1, 0.15) is 52.9 Å². The van der Waals surface area contributed by atoms with Crippen LogP contribution in [0.4, 0.5) is 13.2 Å². The highest BCUT2D eigenvalue weighted by Crippen LogP contribution is 2.40. The Bertz CT molecular complexity index is 1860. The molecule has 0 radical (unpaired) electrons. The molecule has 0 saturated carbocycles. The zero-order valence-corrected chi connectivity index (χ0v) is 24.6. The first-order chi connectivity index (χ1) is 20.5. The molecule has 1 atom stereocenters. The Balaban J connectivity index is 0.000000429. The molecule has 5 rings (SSSR count). The van der Waals surface area contributed by atoms with Gasteiger partial charge in [-0.1, -0.05) is 18.2 Å². The van der Waals surface area contributed by atoms with E-state index in [1.807, 2.05) is 29.8 Å². The van der Waals surface area contributed by atoms with Crippen molar-refractivity contribution in [1.82, 2.24) is 29.3 Å². The van der Waals surface area contributed by atoms with Crippen LogP contribution >= 0.6 is 0 Å². The van der Waals surface area contributed by atoms with Crippen molar-refractivity contribution in [2.75, 3.05) is 7.11 Å². The number of fused-ring (bicyclic) bond motifs is 1. The zero-order chi connectivity index (χ0) is 32.3. The van der Waals surface area contributed by atoms with E-state index in [0.717, 1.165) is 23.9 Å². The van der Waals surface area contributed by atoms with Crippen LogP contribution in [0.5, 0.6) is 5.88 Å². The summed E-state index contributed by atoms with van der Waals surface area (Å²) in [5.74, 6) is 0.938. The third-order valence-electron chi connectivity index (χ3n) is 6.15. The Morgan fingerprint density at radius 3 is 2.32 bits per heavy atom. The third-order valence-corrected chi connectivity index (χ3v) is 7.53. The molecular formula is C25H25F3N6O8S2. The third kappa shape index (κ3) is 8.47. The van der Waals surface area contributed by atoms with E-state index in [-0.39, 0.29) is 5.56 Å². The number of methoxy groups -OCH3 is 1. The number of hydrogen-bond acceptors (Lipinski definition) is 10. The molecule has 0 unspecified atom stereocenters. The van der Waals surface area contributed by atoms with E-state index in [9.17, 15) is 30.0 Å². The highest BCUT2D eigenvalue weighted by atomic mass is 32.3. The van der Waals surface area contributed by atoms with Gasteiger partial charge in [-0.05, 0) is 55.7 Å². The first kappa shape index (κ1) is 32.7. The summed E-state index contributed by atoms with van der Waals surface area (Å²) in [5.41, 5.74) is 1.88.